The van der Waals surface area contributed by atoms with E-state index in [0.29, 0.717) is 46.0 Å². The summed E-state index contributed by atoms with van der Waals surface area (Å²) in [6.45, 7) is 4.51. The first-order valence-electron chi connectivity index (χ1n) is 11.0. The Morgan fingerprint density at radius 2 is 1.66 bits per heavy atom. The second-order valence-electron chi connectivity index (χ2n) is 8.67. The third-order valence-electron chi connectivity index (χ3n) is 5.80. The van der Waals surface area contributed by atoms with Crippen LogP contribution in [-0.2, 0) is 5.41 Å². The zero-order chi connectivity index (χ0) is 25.0. The van der Waals surface area contributed by atoms with Gasteiger partial charge in [-0.2, -0.15) is 0 Å². The number of carbonyl (C=O) groups excluding carboxylic acids is 2. The third-order valence-corrected chi connectivity index (χ3v) is 5.80. The molecule has 0 atom stereocenters. The summed E-state index contributed by atoms with van der Waals surface area (Å²) < 4.78 is 10.5. The van der Waals surface area contributed by atoms with Gasteiger partial charge in [0.2, 0.25) is 0 Å². The number of amides is 2. The fourth-order valence-corrected chi connectivity index (χ4v) is 3.64. The molecule has 0 spiro atoms. The van der Waals surface area contributed by atoms with E-state index in [0.717, 1.165) is 5.56 Å². The Hall–Kier alpha value is -4.40. The van der Waals surface area contributed by atoms with Crippen molar-refractivity contribution in [1.29, 1.82) is 0 Å². The van der Waals surface area contributed by atoms with Gasteiger partial charge in [0.1, 0.15) is 0 Å². The molecule has 0 unspecified atom stereocenters. The number of hydrogen-bond donors (Lipinski definition) is 3. The molecule has 180 valence electrons. The summed E-state index contributed by atoms with van der Waals surface area (Å²) in [6, 6.07) is 14.3. The van der Waals surface area contributed by atoms with E-state index in [2.05, 4.69) is 25.6 Å². The molecule has 9 nitrogen and oxygen atoms in total. The van der Waals surface area contributed by atoms with Crippen molar-refractivity contribution in [2.45, 2.75) is 19.3 Å². The summed E-state index contributed by atoms with van der Waals surface area (Å²) in [6.07, 6.45) is 3.06. The average Bonchev–Trinajstić information content (AvgIpc) is 3.35. The number of carbonyl (C=O) groups is 2. The molecule has 0 bridgehead atoms. The maximum absolute atomic E-state index is 12.7. The summed E-state index contributed by atoms with van der Waals surface area (Å²) in [5.41, 5.74) is 3.54. The van der Waals surface area contributed by atoms with Gasteiger partial charge < -0.3 is 25.1 Å². The maximum Gasteiger partial charge on any atom is 0.255 e. The van der Waals surface area contributed by atoms with Gasteiger partial charge in [-0.15, -0.1) is 0 Å². The van der Waals surface area contributed by atoms with Gasteiger partial charge >= 0.3 is 0 Å². The monoisotopic (exact) mass is 473 g/mol. The van der Waals surface area contributed by atoms with E-state index in [1.54, 1.807) is 37.7 Å². The van der Waals surface area contributed by atoms with Crippen LogP contribution in [0, 0.1) is 0 Å². The van der Waals surface area contributed by atoms with Gasteiger partial charge in [0.15, 0.2) is 17.1 Å². The van der Waals surface area contributed by atoms with Crippen LogP contribution in [0.15, 0.2) is 61.1 Å². The van der Waals surface area contributed by atoms with E-state index in [1.807, 2.05) is 38.1 Å². The number of imidazole rings is 1. The molecule has 0 aliphatic rings. The lowest BCUT2D eigenvalue weighted by Gasteiger charge is -2.26. The standard InChI is InChI=1S/C26H27N5O4/c1-26(2,14-28-24(32)17-11-20-23(27-13-17)30-15-29-20)18-6-8-19(9-7-18)31-25(33)16-5-10-21(34-3)22(12-16)35-4/h5-13,15H,14H2,1-4H3,(H,28,32)(H,31,33)(H,27,29,30). The van der Waals surface area contributed by atoms with Crippen molar-refractivity contribution in [3.05, 3.63) is 77.7 Å². The minimum Gasteiger partial charge on any atom is -0.493 e. The van der Waals surface area contributed by atoms with Gasteiger partial charge in [0, 0.05) is 29.4 Å². The van der Waals surface area contributed by atoms with E-state index in [1.165, 1.54) is 13.3 Å². The lowest BCUT2D eigenvalue weighted by molar-refractivity contribution is 0.0944. The number of benzene rings is 2. The predicted octanol–water partition coefficient (Wildman–Crippen LogP) is 3.94. The van der Waals surface area contributed by atoms with Crippen molar-refractivity contribution in [2.24, 2.45) is 0 Å². The molecule has 3 N–H and O–H groups in total. The van der Waals surface area contributed by atoms with E-state index in [4.69, 9.17) is 9.47 Å². The highest BCUT2D eigenvalue weighted by molar-refractivity contribution is 6.04. The minimum atomic E-state index is -0.340. The van der Waals surface area contributed by atoms with Crippen molar-refractivity contribution in [2.75, 3.05) is 26.1 Å². The summed E-state index contributed by atoms with van der Waals surface area (Å²) in [4.78, 5) is 36.5. The number of methoxy groups -OCH3 is 2. The summed E-state index contributed by atoms with van der Waals surface area (Å²) in [7, 11) is 3.07. The number of ether oxygens (including phenoxy) is 2. The Kier molecular flexibility index (Phi) is 6.68. The lowest BCUT2D eigenvalue weighted by Crippen LogP contribution is -2.36. The van der Waals surface area contributed by atoms with Crippen molar-refractivity contribution in [1.82, 2.24) is 20.3 Å². The second-order valence-corrected chi connectivity index (χ2v) is 8.67. The SMILES string of the molecule is COc1ccc(C(=O)Nc2ccc(C(C)(C)CNC(=O)c3cnc4nc[nH]c4c3)cc2)cc1OC. The number of aromatic amines is 1. The number of anilines is 1. The zero-order valence-corrected chi connectivity index (χ0v) is 20.0. The topological polar surface area (TPSA) is 118 Å². The number of rotatable bonds is 8. The molecule has 2 heterocycles. The number of H-pyrrole nitrogens is 1. The van der Waals surface area contributed by atoms with Crippen LogP contribution in [0.1, 0.15) is 40.1 Å². The minimum absolute atomic E-state index is 0.208. The smallest absolute Gasteiger partial charge is 0.255 e. The van der Waals surface area contributed by atoms with Crippen LogP contribution in [-0.4, -0.2) is 47.5 Å². The average molecular weight is 474 g/mol. The van der Waals surface area contributed by atoms with Crippen LogP contribution >= 0.6 is 0 Å². The van der Waals surface area contributed by atoms with E-state index >= 15 is 0 Å². The van der Waals surface area contributed by atoms with Crippen LogP contribution in [0.2, 0.25) is 0 Å². The fourth-order valence-electron chi connectivity index (χ4n) is 3.64. The van der Waals surface area contributed by atoms with Crippen LogP contribution in [0.4, 0.5) is 5.69 Å². The highest BCUT2D eigenvalue weighted by Gasteiger charge is 2.22. The second kappa shape index (κ2) is 9.84. The van der Waals surface area contributed by atoms with Gasteiger partial charge in [0.25, 0.3) is 11.8 Å². The van der Waals surface area contributed by atoms with Crippen molar-refractivity contribution in [3.63, 3.8) is 0 Å². The molecule has 4 aromatic rings. The Bertz CT molecular complexity index is 1360. The molecule has 35 heavy (non-hydrogen) atoms. The van der Waals surface area contributed by atoms with Crippen LogP contribution in [0.3, 0.4) is 0 Å². The van der Waals surface area contributed by atoms with Crippen LogP contribution in [0.25, 0.3) is 11.2 Å². The normalized spacial score (nSPS) is 11.2. The van der Waals surface area contributed by atoms with Crippen molar-refractivity contribution in [3.8, 4) is 11.5 Å². The molecule has 0 fully saturated rings. The zero-order valence-electron chi connectivity index (χ0n) is 20.0. The Labute approximate surface area is 202 Å². The highest BCUT2D eigenvalue weighted by Crippen LogP contribution is 2.28. The number of pyridine rings is 1. The highest BCUT2D eigenvalue weighted by atomic mass is 16.5. The molecule has 0 aliphatic carbocycles. The summed E-state index contributed by atoms with van der Waals surface area (Å²) in [5, 5.41) is 5.87. The largest absolute Gasteiger partial charge is 0.493 e. The van der Waals surface area contributed by atoms with E-state index < -0.39 is 0 Å². The van der Waals surface area contributed by atoms with E-state index in [9.17, 15) is 9.59 Å². The van der Waals surface area contributed by atoms with Crippen LogP contribution in [0.5, 0.6) is 11.5 Å². The number of fused-ring (bicyclic) bond motifs is 1. The third kappa shape index (κ3) is 5.24. The van der Waals surface area contributed by atoms with Crippen molar-refractivity contribution >= 4 is 28.7 Å². The first kappa shape index (κ1) is 23.7. The molecule has 0 aliphatic heterocycles. The molecular weight excluding hydrogens is 446 g/mol. The van der Waals surface area contributed by atoms with Crippen molar-refractivity contribution < 1.29 is 19.1 Å². The molecule has 0 saturated carbocycles. The van der Waals surface area contributed by atoms with Gasteiger partial charge in [-0.1, -0.05) is 26.0 Å². The van der Waals surface area contributed by atoms with E-state index in [-0.39, 0.29) is 17.2 Å². The molecular formula is C26H27N5O4. The lowest BCUT2D eigenvalue weighted by atomic mass is 9.84. The van der Waals surface area contributed by atoms with Gasteiger partial charge in [0.05, 0.1) is 31.6 Å². The number of aromatic nitrogens is 3. The molecule has 2 aromatic heterocycles. The maximum atomic E-state index is 12.7. The Morgan fingerprint density at radius 3 is 2.37 bits per heavy atom. The fraction of sp³-hybridized carbons (Fsp3) is 0.231. The van der Waals surface area contributed by atoms with Crippen LogP contribution < -0.4 is 20.1 Å². The molecule has 2 aromatic carbocycles. The summed E-state index contributed by atoms with van der Waals surface area (Å²) >= 11 is 0. The quantitative estimate of drug-likeness (QED) is 0.357. The first-order chi connectivity index (χ1) is 16.8. The Morgan fingerprint density at radius 1 is 0.914 bits per heavy atom. The molecule has 2 amide bonds. The van der Waals surface area contributed by atoms with Gasteiger partial charge in [-0.05, 0) is 42.0 Å². The number of hydrogen-bond acceptors (Lipinski definition) is 6. The predicted molar refractivity (Wildman–Crippen MR) is 133 cm³/mol. The number of nitrogens with one attached hydrogen (secondary N) is 3. The molecule has 0 saturated heterocycles. The Balaban J connectivity index is 1.38. The molecule has 4 rings (SSSR count). The van der Waals surface area contributed by atoms with Gasteiger partial charge in [-0.3, -0.25) is 9.59 Å². The van der Waals surface area contributed by atoms with Gasteiger partial charge in [-0.25, -0.2) is 9.97 Å². The molecule has 9 heteroatoms. The first-order valence-corrected chi connectivity index (χ1v) is 11.0. The summed E-state index contributed by atoms with van der Waals surface area (Å²) in [5.74, 6) is 0.578. The molecule has 0 radical (unpaired) electrons. The number of nitrogens with zero attached hydrogens (tertiary/aromatic N) is 2.